The first kappa shape index (κ1) is 16.8. The summed E-state index contributed by atoms with van der Waals surface area (Å²) in [5.74, 6) is -1.09. The number of aliphatic hydroxyl groups excluding tert-OH is 1. The van der Waals surface area contributed by atoms with E-state index in [4.69, 9.17) is 4.74 Å². The predicted octanol–water partition coefficient (Wildman–Crippen LogP) is 1.72. The quantitative estimate of drug-likeness (QED) is 0.766. The van der Waals surface area contributed by atoms with Gasteiger partial charge in [-0.15, -0.1) is 0 Å². The number of hydrogen-bond acceptors (Lipinski definition) is 4. The van der Waals surface area contributed by atoms with Gasteiger partial charge in [0, 0.05) is 6.54 Å². The summed E-state index contributed by atoms with van der Waals surface area (Å²) >= 11 is 0. The lowest BCUT2D eigenvalue weighted by atomic mass is 9.64. The van der Waals surface area contributed by atoms with Crippen LogP contribution in [0.2, 0.25) is 0 Å². The molecule has 0 bridgehead atoms. The van der Waals surface area contributed by atoms with Gasteiger partial charge < -0.3 is 19.8 Å². The van der Waals surface area contributed by atoms with Crippen LogP contribution in [0.15, 0.2) is 0 Å². The van der Waals surface area contributed by atoms with Gasteiger partial charge in [-0.2, -0.15) is 0 Å². The summed E-state index contributed by atoms with van der Waals surface area (Å²) in [6.45, 7) is 10.4. The van der Waals surface area contributed by atoms with Crippen molar-refractivity contribution in [3.05, 3.63) is 0 Å². The second-order valence-electron chi connectivity index (χ2n) is 7.40. The number of amides is 1. The Hall–Kier alpha value is -1.30. The van der Waals surface area contributed by atoms with Gasteiger partial charge in [0.05, 0.1) is 12.6 Å². The maximum absolute atomic E-state index is 12.0. The van der Waals surface area contributed by atoms with E-state index in [-0.39, 0.29) is 13.1 Å². The van der Waals surface area contributed by atoms with E-state index < -0.39 is 34.6 Å². The molecule has 1 aliphatic rings. The maximum Gasteiger partial charge on any atom is 0.410 e. The van der Waals surface area contributed by atoms with Crippen LogP contribution in [0.5, 0.6) is 0 Å². The summed E-state index contributed by atoms with van der Waals surface area (Å²) in [4.78, 5) is 25.0. The van der Waals surface area contributed by atoms with Gasteiger partial charge in [0.1, 0.15) is 11.0 Å². The average molecular weight is 287 g/mol. The standard InChI is InChI=1S/C14H25NO5/c1-12(2,3)14(10(17)18)8-15(7-9(14)16)11(19)20-13(4,5)6/h9,16H,7-8H2,1-6H3,(H,17,18). The summed E-state index contributed by atoms with van der Waals surface area (Å²) in [5.41, 5.74) is -2.73. The van der Waals surface area contributed by atoms with Gasteiger partial charge in [-0.05, 0) is 26.2 Å². The Kier molecular flexibility index (Phi) is 4.11. The summed E-state index contributed by atoms with van der Waals surface area (Å²) in [6, 6.07) is 0. The van der Waals surface area contributed by atoms with Crippen molar-refractivity contribution in [2.75, 3.05) is 13.1 Å². The van der Waals surface area contributed by atoms with Gasteiger partial charge in [0.2, 0.25) is 0 Å². The Morgan fingerprint density at radius 1 is 1.20 bits per heavy atom. The molecule has 0 aliphatic carbocycles. The highest BCUT2D eigenvalue weighted by Gasteiger charge is 2.60. The minimum Gasteiger partial charge on any atom is -0.481 e. The molecule has 0 spiro atoms. The van der Waals surface area contributed by atoms with Crippen LogP contribution in [0.25, 0.3) is 0 Å². The average Bonchev–Trinajstić information content (AvgIpc) is 2.53. The van der Waals surface area contributed by atoms with Crippen LogP contribution in [0.1, 0.15) is 41.5 Å². The molecule has 1 saturated heterocycles. The number of rotatable bonds is 1. The Balaban J connectivity index is 3.01. The minimum atomic E-state index is -1.39. The number of carboxylic acid groups (broad SMARTS) is 1. The fraction of sp³-hybridized carbons (Fsp3) is 0.857. The highest BCUT2D eigenvalue weighted by molar-refractivity contribution is 5.80. The number of carbonyl (C=O) groups excluding carboxylic acids is 1. The van der Waals surface area contributed by atoms with Crippen LogP contribution < -0.4 is 0 Å². The van der Waals surface area contributed by atoms with Crippen LogP contribution in [0.4, 0.5) is 4.79 Å². The first-order chi connectivity index (χ1) is 8.81. The molecule has 2 N–H and O–H groups in total. The smallest absolute Gasteiger partial charge is 0.410 e. The lowest BCUT2D eigenvalue weighted by molar-refractivity contribution is -0.162. The molecule has 1 heterocycles. The summed E-state index contributed by atoms with van der Waals surface area (Å²) in [7, 11) is 0. The van der Waals surface area contributed by atoms with Crippen molar-refractivity contribution in [3.8, 4) is 0 Å². The van der Waals surface area contributed by atoms with Gasteiger partial charge in [-0.25, -0.2) is 4.79 Å². The van der Waals surface area contributed by atoms with Crippen molar-refractivity contribution in [1.29, 1.82) is 0 Å². The fourth-order valence-corrected chi connectivity index (χ4v) is 2.57. The number of likely N-dealkylation sites (tertiary alicyclic amines) is 1. The molecule has 1 fully saturated rings. The zero-order valence-corrected chi connectivity index (χ0v) is 13.1. The third-order valence-electron chi connectivity index (χ3n) is 3.77. The molecule has 0 radical (unpaired) electrons. The molecule has 116 valence electrons. The number of hydrogen-bond donors (Lipinski definition) is 2. The maximum atomic E-state index is 12.0. The molecule has 6 heteroatoms. The molecule has 0 saturated carbocycles. The topological polar surface area (TPSA) is 87.1 Å². The zero-order chi connectivity index (χ0) is 15.9. The highest BCUT2D eigenvalue weighted by atomic mass is 16.6. The SMILES string of the molecule is CC(C)(C)OC(=O)N1CC(O)C(C(=O)O)(C(C)(C)C)C1. The van der Waals surface area contributed by atoms with Crippen LogP contribution >= 0.6 is 0 Å². The molecule has 20 heavy (non-hydrogen) atoms. The minimum absolute atomic E-state index is 0.0293. The van der Waals surface area contributed by atoms with Gasteiger partial charge >= 0.3 is 12.1 Å². The lowest BCUT2D eigenvalue weighted by Gasteiger charge is -2.39. The van der Waals surface area contributed by atoms with E-state index in [2.05, 4.69) is 0 Å². The molecule has 1 aliphatic heterocycles. The van der Waals surface area contributed by atoms with E-state index in [1.807, 2.05) is 0 Å². The second kappa shape index (κ2) is 4.91. The highest BCUT2D eigenvalue weighted by Crippen LogP contribution is 2.46. The third-order valence-corrected chi connectivity index (χ3v) is 3.77. The number of aliphatic carboxylic acids is 1. The summed E-state index contributed by atoms with van der Waals surface area (Å²) in [5, 5.41) is 19.8. The van der Waals surface area contributed by atoms with Crippen molar-refractivity contribution in [1.82, 2.24) is 4.90 Å². The Bertz CT molecular complexity index is 407. The van der Waals surface area contributed by atoms with Crippen molar-refractivity contribution in [2.45, 2.75) is 53.2 Å². The fourth-order valence-electron chi connectivity index (χ4n) is 2.57. The summed E-state index contributed by atoms with van der Waals surface area (Å²) in [6.07, 6.45) is -1.71. The Morgan fingerprint density at radius 3 is 2.00 bits per heavy atom. The number of carbonyl (C=O) groups is 2. The number of aliphatic hydroxyl groups is 1. The third kappa shape index (κ3) is 2.90. The Morgan fingerprint density at radius 2 is 1.70 bits per heavy atom. The van der Waals surface area contributed by atoms with Gasteiger partial charge in [0.15, 0.2) is 0 Å². The van der Waals surface area contributed by atoms with Crippen molar-refractivity contribution >= 4 is 12.1 Å². The van der Waals surface area contributed by atoms with E-state index in [0.717, 1.165) is 0 Å². The molecule has 0 aromatic heterocycles. The van der Waals surface area contributed by atoms with Crippen LogP contribution in [-0.2, 0) is 9.53 Å². The van der Waals surface area contributed by atoms with Crippen LogP contribution in [0.3, 0.4) is 0 Å². The molecular weight excluding hydrogens is 262 g/mol. The second-order valence-corrected chi connectivity index (χ2v) is 7.40. The lowest BCUT2D eigenvalue weighted by Crippen LogP contribution is -2.52. The molecular formula is C14H25NO5. The number of β-amino-alcohol motifs (C(OH)–C–C–N with tert-alkyl or cyclic N) is 1. The van der Waals surface area contributed by atoms with Crippen molar-refractivity contribution in [3.63, 3.8) is 0 Å². The Labute approximate surface area is 119 Å². The zero-order valence-electron chi connectivity index (χ0n) is 13.1. The molecule has 1 amide bonds. The van der Waals surface area contributed by atoms with E-state index in [1.165, 1.54) is 4.90 Å². The number of ether oxygens (including phenoxy) is 1. The largest absolute Gasteiger partial charge is 0.481 e. The van der Waals surface area contributed by atoms with Gasteiger partial charge in [-0.3, -0.25) is 4.79 Å². The molecule has 0 aromatic carbocycles. The first-order valence-electron chi connectivity index (χ1n) is 6.70. The molecule has 2 unspecified atom stereocenters. The summed E-state index contributed by atoms with van der Waals surface area (Å²) < 4.78 is 5.24. The molecule has 0 aromatic rings. The molecule has 6 nitrogen and oxygen atoms in total. The normalized spacial score (nSPS) is 27.6. The first-order valence-corrected chi connectivity index (χ1v) is 6.70. The van der Waals surface area contributed by atoms with E-state index in [0.29, 0.717) is 0 Å². The van der Waals surface area contributed by atoms with Crippen LogP contribution in [-0.4, -0.2) is 52.0 Å². The van der Waals surface area contributed by atoms with Gasteiger partial charge in [-0.1, -0.05) is 20.8 Å². The van der Waals surface area contributed by atoms with Crippen LogP contribution in [0, 0.1) is 10.8 Å². The van der Waals surface area contributed by atoms with Crippen molar-refractivity contribution < 1.29 is 24.5 Å². The predicted molar refractivity (Wildman–Crippen MR) is 73.3 cm³/mol. The number of carboxylic acids is 1. The van der Waals surface area contributed by atoms with E-state index in [1.54, 1.807) is 41.5 Å². The monoisotopic (exact) mass is 287 g/mol. The van der Waals surface area contributed by atoms with Crippen molar-refractivity contribution in [2.24, 2.45) is 10.8 Å². The molecule has 1 rings (SSSR count). The van der Waals surface area contributed by atoms with Gasteiger partial charge in [0.25, 0.3) is 0 Å². The molecule has 2 atom stereocenters. The number of nitrogens with zero attached hydrogens (tertiary/aromatic N) is 1. The van der Waals surface area contributed by atoms with E-state index in [9.17, 15) is 19.8 Å². The van der Waals surface area contributed by atoms with E-state index >= 15 is 0 Å².